The summed E-state index contributed by atoms with van der Waals surface area (Å²) in [6.45, 7) is 1.45. The highest BCUT2D eigenvalue weighted by molar-refractivity contribution is 6.29. The van der Waals surface area contributed by atoms with Crippen LogP contribution in [0.1, 0.15) is 17.3 Å². The molecule has 0 aliphatic rings. The molecule has 1 aromatic heterocycles. The lowest BCUT2D eigenvalue weighted by molar-refractivity contribution is 0.101. The normalized spacial score (nSPS) is 9.64. The van der Waals surface area contributed by atoms with Gasteiger partial charge in [-0.15, -0.1) is 0 Å². The summed E-state index contributed by atoms with van der Waals surface area (Å²) in [4.78, 5) is 14.5. The van der Waals surface area contributed by atoms with Crippen LogP contribution in [0.2, 0.25) is 5.15 Å². The third-order valence-electron chi connectivity index (χ3n) is 1.22. The second kappa shape index (κ2) is 2.88. The van der Waals surface area contributed by atoms with Crippen LogP contribution in [-0.4, -0.2) is 10.8 Å². The van der Waals surface area contributed by atoms with Crippen molar-refractivity contribution >= 4 is 23.2 Å². The van der Waals surface area contributed by atoms with Crippen molar-refractivity contribution in [1.82, 2.24) is 4.98 Å². The van der Waals surface area contributed by atoms with Gasteiger partial charge in [0.2, 0.25) is 0 Å². The van der Waals surface area contributed by atoms with Crippen molar-refractivity contribution in [3.05, 3.63) is 22.8 Å². The highest BCUT2D eigenvalue weighted by Gasteiger charge is 2.01. The Morgan fingerprint density at radius 2 is 2.27 bits per heavy atom. The first-order valence-electron chi connectivity index (χ1n) is 3.03. The fraction of sp³-hybridized carbons (Fsp3) is 0.143. The van der Waals surface area contributed by atoms with Gasteiger partial charge in [-0.1, -0.05) is 11.6 Å². The van der Waals surface area contributed by atoms with E-state index in [0.29, 0.717) is 5.56 Å². The lowest BCUT2D eigenvalue weighted by atomic mass is 10.2. The van der Waals surface area contributed by atoms with Crippen LogP contribution in [0, 0.1) is 0 Å². The summed E-state index contributed by atoms with van der Waals surface area (Å²) in [7, 11) is 0. The highest BCUT2D eigenvalue weighted by Crippen LogP contribution is 2.12. The number of anilines is 1. The quantitative estimate of drug-likeness (QED) is 0.514. The van der Waals surface area contributed by atoms with E-state index >= 15 is 0 Å². The zero-order chi connectivity index (χ0) is 8.43. The van der Waals surface area contributed by atoms with Crippen LogP contribution in [-0.2, 0) is 0 Å². The number of nitrogens with two attached hydrogens (primary N) is 1. The molecule has 1 aromatic rings. The fourth-order valence-electron chi connectivity index (χ4n) is 0.720. The second-order valence-electron chi connectivity index (χ2n) is 2.16. The average molecular weight is 171 g/mol. The van der Waals surface area contributed by atoms with E-state index in [1.807, 2.05) is 0 Å². The molecule has 0 aliphatic heterocycles. The number of carbonyl (C=O) groups is 1. The summed E-state index contributed by atoms with van der Waals surface area (Å²) in [5.41, 5.74) is 5.84. The molecule has 1 heterocycles. The zero-order valence-corrected chi connectivity index (χ0v) is 6.72. The third kappa shape index (κ3) is 1.91. The maximum Gasteiger partial charge on any atom is 0.160 e. The Hall–Kier alpha value is -1.09. The second-order valence-corrected chi connectivity index (χ2v) is 2.55. The Kier molecular flexibility index (Phi) is 2.10. The molecule has 0 saturated carbocycles. The van der Waals surface area contributed by atoms with E-state index < -0.39 is 0 Å². The smallest absolute Gasteiger partial charge is 0.160 e. The van der Waals surface area contributed by atoms with Crippen LogP contribution in [0.4, 0.5) is 5.82 Å². The first-order chi connectivity index (χ1) is 5.09. The van der Waals surface area contributed by atoms with Crippen molar-refractivity contribution in [3.63, 3.8) is 0 Å². The van der Waals surface area contributed by atoms with E-state index in [9.17, 15) is 4.79 Å². The zero-order valence-electron chi connectivity index (χ0n) is 5.97. The topological polar surface area (TPSA) is 56.0 Å². The number of carbonyl (C=O) groups excluding carboxylic acids is 1. The van der Waals surface area contributed by atoms with Crippen molar-refractivity contribution in [2.75, 3.05) is 5.73 Å². The number of hydrogen-bond donors (Lipinski definition) is 1. The monoisotopic (exact) mass is 170 g/mol. The van der Waals surface area contributed by atoms with Crippen LogP contribution < -0.4 is 5.73 Å². The molecule has 0 spiro atoms. The van der Waals surface area contributed by atoms with Crippen molar-refractivity contribution in [2.24, 2.45) is 0 Å². The Morgan fingerprint density at radius 3 is 2.73 bits per heavy atom. The average Bonchev–Trinajstić information content (AvgIpc) is 1.85. The molecule has 0 aromatic carbocycles. The van der Waals surface area contributed by atoms with E-state index in [1.54, 1.807) is 0 Å². The minimum atomic E-state index is -0.0685. The number of Topliss-reactive ketones (excluding diaryl/α,β-unsaturated/α-hetero) is 1. The summed E-state index contributed by atoms with van der Waals surface area (Å²) in [5, 5.41) is 0.246. The van der Waals surface area contributed by atoms with E-state index in [4.69, 9.17) is 17.3 Å². The van der Waals surface area contributed by atoms with Crippen LogP contribution >= 0.6 is 11.6 Å². The maximum atomic E-state index is 10.8. The van der Waals surface area contributed by atoms with E-state index in [1.165, 1.54) is 19.1 Å². The Bertz CT molecular complexity index is 278. The van der Waals surface area contributed by atoms with Crippen LogP contribution in [0.5, 0.6) is 0 Å². The molecule has 0 unspecified atom stereocenters. The SMILES string of the molecule is CC(=O)c1cc(N)nc(Cl)c1. The van der Waals surface area contributed by atoms with Crippen molar-refractivity contribution < 1.29 is 4.79 Å². The summed E-state index contributed by atoms with van der Waals surface area (Å²) >= 11 is 5.55. The molecule has 0 aliphatic carbocycles. The van der Waals surface area contributed by atoms with Gasteiger partial charge < -0.3 is 5.73 Å². The highest BCUT2D eigenvalue weighted by atomic mass is 35.5. The molecule has 11 heavy (non-hydrogen) atoms. The number of ketones is 1. The molecule has 3 nitrogen and oxygen atoms in total. The van der Waals surface area contributed by atoms with Gasteiger partial charge in [0.05, 0.1) is 0 Å². The molecule has 58 valence electrons. The maximum absolute atomic E-state index is 10.8. The predicted octanol–water partition coefficient (Wildman–Crippen LogP) is 1.52. The predicted molar refractivity (Wildman–Crippen MR) is 43.7 cm³/mol. The van der Waals surface area contributed by atoms with Gasteiger partial charge in [-0.2, -0.15) is 0 Å². The summed E-state index contributed by atoms with van der Waals surface area (Å²) in [6.07, 6.45) is 0. The third-order valence-corrected chi connectivity index (χ3v) is 1.41. The Labute approximate surface area is 69.2 Å². The Morgan fingerprint density at radius 1 is 1.64 bits per heavy atom. The molecule has 2 N–H and O–H groups in total. The summed E-state index contributed by atoms with van der Waals surface area (Å²) < 4.78 is 0. The van der Waals surface area contributed by atoms with Gasteiger partial charge in [-0.25, -0.2) is 4.98 Å². The lowest BCUT2D eigenvalue weighted by Crippen LogP contribution is -1.97. The number of nitrogen functional groups attached to an aromatic ring is 1. The van der Waals surface area contributed by atoms with Gasteiger partial charge in [0.25, 0.3) is 0 Å². The first-order valence-corrected chi connectivity index (χ1v) is 3.41. The van der Waals surface area contributed by atoms with Gasteiger partial charge >= 0.3 is 0 Å². The molecule has 4 heteroatoms. The van der Waals surface area contributed by atoms with Gasteiger partial charge in [0, 0.05) is 5.56 Å². The summed E-state index contributed by atoms with van der Waals surface area (Å²) in [6, 6.07) is 2.98. The van der Waals surface area contributed by atoms with Crippen LogP contribution in [0.25, 0.3) is 0 Å². The van der Waals surface area contributed by atoms with Gasteiger partial charge in [-0.05, 0) is 19.1 Å². The molecule has 0 saturated heterocycles. The van der Waals surface area contributed by atoms with Crippen molar-refractivity contribution in [2.45, 2.75) is 6.92 Å². The fourth-order valence-corrected chi connectivity index (χ4v) is 0.936. The molecular weight excluding hydrogens is 164 g/mol. The number of hydrogen-bond acceptors (Lipinski definition) is 3. The largest absolute Gasteiger partial charge is 0.384 e. The molecular formula is C7H7ClN2O. The number of pyridine rings is 1. The summed E-state index contributed by atoms with van der Waals surface area (Å²) in [5.74, 6) is 0.198. The number of aromatic nitrogens is 1. The minimum absolute atomic E-state index is 0.0685. The van der Waals surface area contributed by atoms with Crippen molar-refractivity contribution in [1.29, 1.82) is 0 Å². The Balaban J connectivity index is 3.19. The molecule has 0 atom stereocenters. The number of halogens is 1. The van der Waals surface area contributed by atoms with Crippen molar-refractivity contribution in [3.8, 4) is 0 Å². The molecule has 0 bridgehead atoms. The van der Waals surface area contributed by atoms with E-state index in [-0.39, 0.29) is 16.8 Å². The first kappa shape index (κ1) is 8.01. The molecule has 0 radical (unpaired) electrons. The standard InChI is InChI=1S/C7H7ClN2O/c1-4(11)5-2-6(8)10-7(9)3-5/h2-3H,1H3,(H2,9,10). The van der Waals surface area contributed by atoms with Gasteiger partial charge in [-0.3, -0.25) is 4.79 Å². The van der Waals surface area contributed by atoms with E-state index in [0.717, 1.165) is 0 Å². The number of rotatable bonds is 1. The molecule has 0 fully saturated rings. The van der Waals surface area contributed by atoms with Crippen LogP contribution in [0.15, 0.2) is 12.1 Å². The van der Waals surface area contributed by atoms with Gasteiger partial charge in [0.15, 0.2) is 5.78 Å². The van der Waals surface area contributed by atoms with Crippen LogP contribution in [0.3, 0.4) is 0 Å². The minimum Gasteiger partial charge on any atom is -0.384 e. The molecule has 1 rings (SSSR count). The molecule has 0 amide bonds. The number of nitrogens with zero attached hydrogens (tertiary/aromatic N) is 1. The van der Waals surface area contributed by atoms with E-state index in [2.05, 4.69) is 4.98 Å². The lowest BCUT2D eigenvalue weighted by Gasteiger charge is -1.97. The van der Waals surface area contributed by atoms with Gasteiger partial charge in [0.1, 0.15) is 11.0 Å².